The molecule has 0 N–H and O–H groups in total. The summed E-state index contributed by atoms with van der Waals surface area (Å²) in [5.41, 5.74) is 0. The number of esters is 1. The van der Waals surface area contributed by atoms with Gasteiger partial charge in [0.15, 0.2) is 0 Å². The number of ether oxygens (including phenoxy) is 1. The van der Waals surface area contributed by atoms with Gasteiger partial charge in [0.05, 0.1) is 12.5 Å². The van der Waals surface area contributed by atoms with E-state index in [0.29, 0.717) is 18.4 Å². The molecule has 0 aromatic heterocycles. The summed E-state index contributed by atoms with van der Waals surface area (Å²) in [6, 6.07) is 0. The lowest BCUT2D eigenvalue weighted by Gasteiger charge is -2.31. The van der Waals surface area contributed by atoms with E-state index in [2.05, 4.69) is 13.8 Å². The number of hydrogen-bond acceptors (Lipinski definition) is 2. The van der Waals surface area contributed by atoms with Gasteiger partial charge in [0.1, 0.15) is 0 Å². The maximum absolute atomic E-state index is 11.2. The Balaban J connectivity index is 2.09. The van der Waals surface area contributed by atoms with Crippen molar-refractivity contribution < 1.29 is 9.53 Å². The zero-order chi connectivity index (χ0) is 8.72. The van der Waals surface area contributed by atoms with Crippen LogP contribution < -0.4 is 0 Å². The summed E-state index contributed by atoms with van der Waals surface area (Å²) in [6.45, 7) is 5.21. The molecule has 12 heavy (non-hydrogen) atoms. The van der Waals surface area contributed by atoms with E-state index in [4.69, 9.17) is 4.74 Å². The molecule has 0 radical (unpaired) electrons. The highest BCUT2D eigenvalue weighted by molar-refractivity contribution is 5.74. The fourth-order valence-corrected chi connectivity index (χ4v) is 2.47. The molecule has 0 bridgehead atoms. The second kappa shape index (κ2) is 2.75. The Kier molecular flexibility index (Phi) is 1.85. The van der Waals surface area contributed by atoms with Crippen molar-refractivity contribution in [3.63, 3.8) is 0 Å². The molecule has 0 spiro atoms. The summed E-state index contributed by atoms with van der Waals surface area (Å²) >= 11 is 0. The van der Waals surface area contributed by atoms with Crippen molar-refractivity contribution in [3.8, 4) is 0 Å². The van der Waals surface area contributed by atoms with Crippen molar-refractivity contribution in [1.29, 1.82) is 0 Å². The largest absolute Gasteiger partial charge is 0.465 e. The molecule has 1 aliphatic carbocycles. The minimum atomic E-state index is 0.0544. The number of carbonyl (C=O) groups excluding carboxylic acids is 1. The molecule has 2 heteroatoms. The molecule has 0 amide bonds. The molecule has 1 saturated carbocycles. The summed E-state index contributed by atoms with van der Waals surface area (Å²) < 4.78 is 5.06. The predicted octanol–water partition coefficient (Wildman–Crippen LogP) is 1.84. The molecule has 4 atom stereocenters. The average Bonchev–Trinajstić information content (AvgIpc) is 2.35. The average molecular weight is 168 g/mol. The van der Waals surface area contributed by atoms with Crippen LogP contribution in [0.25, 0.3) is 0 Å². The van der Waals surface area contributed by atoms with Crippen molar-refractivity contribution in [2.75, 3.05) is 6.61 Å². The van der Waals surface area contributed by atoms with Crippen molar-refractivity contribution in [2.45, 2.75) is 26.7 Å². The van der Waals surface area contributed by atoms with E-state index >= 15 is 0 Å². The highest BCUT2D eigenvalue weighted by Crippen LogP contribution is 2.41. The van der Waals surface area contributed by atoms with Crippen LogP contribution in [0.1, 0.15) is 26.7 Å². The lowest BCUT2D eigenvalue weighted by Crippen LogP contribution is -2.29. The maximum Gasteiger partial charge on any atom is 0.309 e. The molecule has 1 saturated heterocycles. The van der Waals surface area contributed by atoms with E-state index in [-0.39, 0.29) is 11.9 Å². The number of rotatable bonds is 0. The molecule has 0 unspecified atom stereocenters. The van der Waals surface area contributed by atoms with Gasteiger partial charge in [-0.05, 0) is 24.7 Å². The van der Waals surface area contributed by atoms with Crippen LogP contribution in [0.4, 0.5) is 0 Å². The van der Waals surface area contributed by atoms with Crippen LogP contribution in [0.2, 0.25) is 0 Å². The molecule has 1 aliphatic heterocycles. The summed E-state index contributed by atoms with van der Waals surface area (Å²) in [5, 5.41) is 0. The second-order valence-electron chi connectivity index (χ2n) is 4.42. The molecule has 0 aromatic carbocycles. The highest BCUT2D eigenvalue weighted by Gasteiger charge is 2.42. The monoisotopic (exact) mass is 168 g/mol. The van der Waals surface area contributed by atoms with E-state index in [1.54, 1.807) is 0 Å². The lowest BCUT2D eigenvalue weighted by atomic mass is 9.71. The Morgan fingerprint density at radius 2 is 1.92 bits per heavy atom. The molecule has 2 rings (SSSR count). The van der Waals surface area contributed by atoms with E-state index in [0.717, 1.165) is 12.3 Å². The normalized spacial score (nSPS) is 47.0. The Hall–Kier alpha value is -0.530. The Bertz CT molecular complexity index is 200. The standard InChI is InChI=1S/C10H16O2/c1-6-3-8-5-12-10(11)9(8)4-7(6)2/h6-9H,3-5H2,1-2H3/t6-,7-,8+,9+/m0/s1. The summed E-state index contributed by atoms with van der Waals surface area (Å²) in [4.78, 5) is 11.2. The van der Waals surface area contributed by atoms with Gasteiger partial charge in [-0.3, -0.25) is 4.79 Å². The van der Waals surface area contributed by atoms with E-state index < -0.39 is 0 Å². The molecular weight excluding hydrogens is 152 g/mol. The molecule has 1 heterocycles. The van der Waals surface area contributed by atoms with Crippen LogP contribution in [-0.2, 0) is 9.53 Å². The minimum Gasteiger partial charge on any atom is -0.465 e. The third-order valence-electron chi connectivity index (χ3n) is 3.58. The van der Waals surface area contributed by atoms with Gasteiger partial charge in [-0.2, -0.15) is 0 Å². The second-order valence-corrected chi connectivity index (χ2v) is 4.42. The molecule has 0 aromatic rings. The zero-order valence-corrected chi connectivity index (χ0v) is 7.75. The molecule has 2 nitrogen and oxygen atoms in total. The molecule has 2 aliphatic rings. The van der Waals surface area contributed by atoms with E-state index in [1.165, 1.54) is 6.42 Å². The fraction of sp³-hybridized carbons (Fsp3) is 0.900. The fourth-order valence-electron chi connectivity index (χ4n) is 2.47. The van der Waals surface area contributed by atoms with Gasteiger partial charge < -0.3 is 4.74 Å². The summed E-state index contributed by atoms with van der Waals surface area (Å²) in [7, 11) is 0. The van der Waals surface area contributed by atoms with Gasteiger partial charge in [-0.25, -0.2) is 0 Å². The number of hydrogen-bond donors (Lipinski definition) is 0. The zero-order valence-electron chi connectivity index (χ0n) is 7.75. The number of cyclic esters (lactones) is 1. The smallest absolute Gasteiger partial charge is 0.309 e. The molecule has 2 fully saturated rings. The van der Waals surface area contributed by atoms with Gasteiger partial charge in [-0.1, -0.05) is 13.8 Å². The lowest BCUT2D eigenvalue weighted by molar-refractivity contribution is -0.142. The molecular formula is C10H16O2. The van der Waals surface area contributed by atoms with Crippen molar-refractivity contribution in [1.82, 2.24) is 0 Å². The van der Waals surface area contributed by atoms with Gasteiger partial charge in [0.25, 0.3) is 0 Å². The van der Waals surface area contributed by atoms with Crippen LogP contribution in [0.15, 0.2) is 0 Å². The first-order valence-electron chi connectivity index (χ1n) is 4.85. The maximum atomic E-state index is 11.2. The number of carbonyl (C=O) groups is 1. The van der Waals surface area contributed by atoms with Crippen LogP contribution in [0.3, 0.4) is 0 Å². The van der Waals surface area contributed by atoms with Crippen LogP contribution >= 0.6 is 0 Å². The van der Waals surface area contributed by atoms with Gasteiger partial charge in [-0.15, -0.1) is 0 Å². The quantitative estimate of drug-likeness (QED) is 0.516. The van der Waals surface area contributed by atoms with Gasteiger partial charge >= 0.3 is 5.97 Å². The first-order valence-corrected chi connectivity index (χ1v) is 4.85. The van der Waals surface area contributed by atoms with Crippen LogP contribution in [-0.4, -0.2) is 12.6 Å². The third-order valence-corrected chi connectivity index (χ3v) is 3.58. The topological polar surface area (TPSA) is 26.3 Å². The predicted molar refractivity (Wildman–Crippen MR) is 45.5 cm³/mol. The van der Waals surface area contributed by atoms with Crippen molar-refractivity contribution in [2.24, 2.45) is 23.7 Å². The van der Waals surface area contributed by atoms with Crippen molar-refractivity contribution in [3.05, 3.63) is 0 Å². The Labute approximate surface area is 73.3 Å². The summed E-state index contributed by atoms with van der Waals surface area (Å²) in [6.07, 6.45) is 2.22. The van der Waals surface area contributed by atoms with E-state index in [1.807, 2.05) is 0 Å². The van der Waals surface area contributed by atoms with Gasteiger partial charge in [0, 0.05) is 5.92 Å². The SMILES string of the molecule is C[C@H]1C[C@@H]2COC(=O)[C@@H]2C[C@@H]1C. The van der Waals surface area contributed by atoms with Crippen LogP contribution in [0.5, 0.6) is 0 Å². The Morgan fingerprint density at radius 1 is 1.25 bits per heavy atom. The van der Waals surface area contributed by atoms with Crippen molar-refractivity contribution >= 4 is 5.97 Å². The first kappa shape index (κ1) is 8.09. The number of fused-ring (bicyclic) bond motifs is 1. The highest BCUT2D eigenvalue weighted by atomic mass is 16.5. The third kappa shape index (κ3) is 1.13. The van der Waals surface area contributed by atoms with Crippen LogP contribution in [0, 0.1) is 23.7 Å². The Morgan fingerprint density at radius 3 is 2.67 bits per heavy atom. The first-order chi connectivity index (χ1) is 5.68. The van der Waals surface area contributed by atoms with Gasteiger partial charge in [0.2, 0.25) is 0 Å². The summed E-state index contributed by atoms with van der Waals surface area (Å²) in [5.74, 6) is 2.27. The molecule has 68 valence electrons. The van der Waals surface area contributed by atoms with E-state index in [9.17, 15) is 4.79 Å². The minimum absolute atomic E-state index is 0.0544.